The van der Waals surface area contributed by atoms with Gasteiger partial charge in [0.1, 0.15) is 0 Å². The Hall–Kier alpha value is -0.470. The van der Waals surface area contributed by atoms with Gasteiger partial charge in [-0.25, -0.2) is 0 Å². The topological polar surface area (TPSA) is 12.0 Å². The first kappa shape index (κ1) is 14.0. The van der Waals surface area contributed by atoms with E-state index in [0.717, 1.165) is 24.3 Å². The predicted molar refractivity (Wildman–Crippen MR) is 81.1 cm³/mol. The molecule has 1 aliphatic rings. The van der Waals surface area contributed by atoms with Gasteiger partial charge < -0.3 is 5.32 Å². The van der Waals surface area contributed by atoms with Gasteiger partial charge in [0.05, 0.1) is 0 Å². The molecular weight excluding hydrogens is 238 g/mol. The van der Waals surface area contributed by atoms with Gasteiger partial charge in [0.25, 0.3) is 0 Å². The molecular formula is C16H25NS. The second kappa shape index (κ2) is 7.20. The highest BCUT2D eigenvalue weighted by Crippen LogP contribution is 2.34. The van der Waals surface area contributed by atoms with Gasteiger partial charge in [-0.2, -0.15) is 0 Å². The van der Waals surface area contributed by atoms with Gasteiger partial charge in [0.15, 0.2) is 0 Å². The summed E-state index contributed by atoms with van der Waals surface area (Å²) in [4.78, 5) is 1.44. The van der Waals surface area contributed by atoms with E-state index in [-0.39, 0.29) is 0 Å². The first-order valence-corrected chi connectivity index (χ1v) is 8.08. The van der Waals surface area contributed by atoms with E-state index in [9.17, 15) is 0 Å². The summed E-state index contributed by atoms with van der Waals surface area (Å²) >= 11 is 2.07. The lowest BCUT2D eigenvalue weighted by Crippen LogP contribution is -2.18. The van der Waals surface area contributed by atoms with Gasteiger partial charge in [0, 0.05) is 16.7 Å². The summed E-state index contributed by atoms with van der Waals surface area (Å²) in [5, 5.41) is 4.36. The minimum Gasteiger partial charge on any atom is -0.312 e. The van der Waals surface area contributed by atoms with E-state index in [1.54, 1.807) is 0 Å². The lowest BCUT2D eigenvalue weighted by Gasteiger charge is -2.10. The second-order valence-corrected chi connectivity index (χ2v) is 7.07. The van der Waals surface area contributed by atoms with E-state index in [0.29, 0.717) is 0 Å². The molecule has 2 heteroatoms. The highest BCUT2D eigenvalue weighted by Gasteiger charge is 2.15. The van der Waals surface area contributed by atoms with Crippen LogP contribution < -0.4 is 5.32 Å². The number of hydrogen-bond acceptors (Lipinski definition) is 2. The third-order valence-electron chi connectivity index (χ3n) is 3.41. The Balaban J connectivity index is 1.77. The lowest BCUT2D eigenvalue weighted by atomic mass is 10.2. The predicted octanol–water partition coefficient (Wildman–Crippen LogP) is 4.47. The zero-order valence-electron chi connectivity index (χ0n) is 11.6. The van der Waals surface area contributed by atoms with Crippen LogP contribution in [0.3, 0.4) is 0 Å². The van der Waals surface area contributed by atoms with E-state index in [4.69, 9.17) is 0 Å². The Morgan fingerprint density at radius 3 is 2.44 bits per heavy atom. The zero-order valence-corrected chi connectivity index (χ0v) is 12.4. The fourth-order valence-corrected chi connectivity index (χ4v) is 3.64. The molecule has 0 atom stereocenters. The summed E-state index contributed by atoms with van der Waals surface area (Å²) in [6, 6.07) is 9.11. The first-order valence-electron chi connectivity index (χ1n) is 7.20. The SMILES string of the molecule is CC(C)CNCc1ccc(SC2CCCC2)cc1. The average Bonchev–Trinajstić information content (AvgIpc) is 2.84. The molecule has 1 fully saturated rings. The van der Waals surface area contributed by atoms with E-state index >= 15 is 0 Å². The molecule has 100 valence electrons. The number of benzene rings is 1. The van der Waals surface area contributed by atoms with Gasteiger partial charge in [-0.1, -0.05) is 38.8 Å². The quantitative estimate of drug-likeness (QED) is 0.813. The average molecular weight is 263 g/mol. The van der Waals surface area contributed by atoms with Crippen molar-refractivity contribution in [2.75, 3.05) is 6.54 Å². The monoisotopic (exact) mass is 263 g/mol. The summed E-state index contributed by atoms with van der Waals surface area (Å²) in [6.45, 7) is 6.58. The maximum absolute atomic E-state index is 3.49. The Morgan fingerprint density at radius 2 is 1.83 bits per heavy atom. The Kier molecular flexibility index (Phi) is 5.58. The van der Waals surface area contributed by atoms with Crippen LogP contribution in [0.15, 0.2) is 29.2 Å². The first-order chi connectivity index (χ1) is 8.74. The Morgan fingerprint density at radius 1 is 1.17 bits per heavy atom. The van der Waals surface area contributed by atoms with Crippen LogP contribution in [0.5, 0.6) is 0 Å². The van der Waals surface area contributed by atoms with Crippen molar-refractivity contribution >= 4 is 11.8 Å². The molecule has 2 rings (SSSR count). The van der Waals surface area contributed by atoms with Crippen molar-refractivity contribution in [1.29, 1.82) is 0 Å². The van der Waals surface area contributed by atoms with Crippen molar-refractivity contribution in [3.8, 4) is 0 Å². The van der Waals surface area contributed by atoms with E-state index < -0.39 is 0 Å². The Bertz CT molecular complexity index is 339. The number of hydrogen-bond donors (Lipinski definition) is 1. The minimum atomic E-state index is 0.724. The summed E-state index contributed by atoms with van der Waals surface area (Å²) in [5.41, 5.74) is 1.39. The molecule has 0 spiro atoms. The molecule has 1 aliphatic carbocycles. The summed E-state index contributed by atoms with van der Waals surface area (Å²) in [5.74, 6) is 0.724. The number of nitrogens with one attached hydrogen (secondary N) is 1. The summed E-state index contributed by atoms with van der Waals surface area (Å²) in [7, 11) is 0. The van der Waals surface area contributed by atoms with Crippen molar-refractivity contribution in [2.45, 2.75) is 56.2 Å². The fourth-order valence-electron chi connectivity index (χ4n) is 2.39. The van der Waals surface area contributed by atoms with Crippen LogP contribution in [0.4, 0.5) is 0 Å². The van der Waals surface area contributed by atoms with Gasteiger partial charge in [-0.3, -0.25) is 0 Å². The van der Waals surface area contributed by atoms with Crippen LogP contribution in [-0.2, 0) is 6.54 Å². The van der Waals surface area contributed by atoms with E-state index in [2.05, 4.69) is 55.2 Å². The fraction of sp³-hybridized carbons (Fsp3) is 0.625. The standard InChI is InChI=1S/C16H25NS/c1-13(2)11-17-12-14-7-9-16(10-8-14)18-15-5-3-4-6-15/h7-10,13,15,17H,3-6,11-12H2,1-2H3. The summed E-state index contributed by atoms with van der Waals surface area (Å²) < 4.78 is 0. The van der Waals surface area contributed by atoms with Crippen molar-refractivity contribution in [3.63, 3.8) is 0 Å². The molecule has 1 aromatic rings. The molecule has 0 amide bonds. The normalized spacial score (nSPS) is 16.6. The van der Waals surface area contributed by atoms with Crippen LogP contribution in [0.2, 0.25) is 0 Å². The Labute approximate surface area is 116 Å². The molecule has 0 saturated heterocycles. The minimum absolute atomic E-state index is 0.724. The molecule has 0 aromatic heterocycles. The van der Waals surface area contributed by atoms with Crippen LogP contribution in [0, 0.1) is 5.92 Å². The highest BCUT2D eigenvalue weighted by molar-refractivity contribution is 8.00. The van der Waals surface area contributed by atoms with Crippen LogP contribution >= 0.6 is 11.8 Å². The molecule has 0 unspecified atom stereocenters. The van der Waals surface area contributed by atoms with Crippen molar-refractivity contribution in [1.82, 2.24) is 5.32 Å². The smallest absolute Gasteiger partial charge is 0.0205 e. The molecule has 0 bridgehead atoms. The third-order valence-corrected chi connectivity index (χ3v) is 4.76. The second-order valence-electron chi connectivity index (χ2n) is 5.69. The largest absolute Gasteiger partial charge is 0.312 e. The molecule has 1 aromatic carbocycles. The molecule has 18 heavy (non-hydrogen) atoms. The molecule has 0 aliphatic heterocycles. The van der Waals surface area contributed by atoms with Gasteiger partial charge in [0.2, 0.25) is 0 Å². The highest BCUT2D eigenvalue weighted by atomic mass is 32.2. The molecule has 1 N–H and O–H groups in total. The molecule has 1 nitrogen and oxygen atoms in total. The van der Waals surface area contributed by atoms with Crippen LogP contribution in [0.25, 0.3) is 0 Å². The number of thioether (sulfide) groups is 1. The van der Waals surface area contributed by atoms with Gasteiger partial charge in [-0.15, -0.1) is 11.8 Å². The maximum Gasteiger partial charge on any atom is 0.0205 e. The van der Waals surface area contributed by atoms with Crippen molar-refractivity contribution in [3.05, 3.63) is 29.8 Å². The van der Waals surface area contributed by atoms with Crippen molar-refractivity contribution < 1.29 is 0 Å². The van der Waals surface area contributed by atoms with E-state index in [1.807, 2.05) is 0 Å². The number of rotatable bonds is 6. The van der Waals surface area contributed by atoms with Crippen LogP contribution in [-0.4, -0.2) is 11.8 Å². The van der Waals surface area contributed by atoms with E-state index in [1.165, 1.54) is 36.1 Å². The van der Waals surface area contributed by atoms with Crippen LogP contribution in [0.1, 0.15) is 45.1 Å². The van der Waals surface area contributed by atoms with Gasteiger partial charge >= 0.3 is 0 Å². The molecule has 0 heterocycles. The lowest BCUT2D eigenvalue weighted by molar-refractivity contribution is 0.552. The summed E-state index contributed by atoms with van der Waals surface area (Å²) in [6.07, 6.45) is 5.66. The third kappa shape index (κ3) is 4.66. The van der Waals surface area contributed by atoms with Crippen molar-refractivity contribution in [2.24, 2.45) is 5.92 Å². The molecule has 0 radical (unpaired) electrons. The zero-order chi connectivity index (χ0) is 12.8. The maximum atomic E-state index is 3.49. The van der Waals surface area contributed by atoms with Gasteiger partial charge in [-0.05, 0) is 43.0 Å². The molecule has 1 saturated carbocycles.